The van der Waals surface area contributed by atoms with Gasteiger partial charge in [0.25, 0.3) is 0 Å². The summed E-state index contributed by atoms with van der Waals surface area (Å²) in [5.41, 5.74) is 1.46. The van der Waals surface area contributed by atoms with Crippen molar-refractivity contribution < 1.29 is 14.2 Å². The first-order valence-electron chi connectivity index (χ1n) is 6.44. The predicted octanol–water partition coefficient (Wildman–Crippen LogP) is 3.80. The van der Waals surface area contributed by atoms with Crippen molar-refractivity contribution in [3.8, 4) is 11.6 Å². The maximum Gasteiger partial charge on any atom is 0.224 e. The molecule has 0 spiro atoms. The predicted molar refractivity (Wildman–Crippen MR) is 75.3 cm³/mol. The number of hydrogen-bond donors (Lipinski definition) is 1. The Labute approximate surface area is 118 Å². The molecular weight excluding hydrogens is 257 g/mol. The minimum absolute atomic E-state index is 0.00933. The lowest BCUT2D eigenvalue weighted by molar-refractivity contribution is 0.274. The summed E-state index contributed by atoms with van der Waals surface area (Å²) in [4.78, 5) is 3.88. The number of halogens is 1. The van der Waals surface area contributed by atoms with E-state index in [0.717, 1.165) is 11.8 Å². The van der Waals surface area contributed by atoms with Crippen LogP contribution in [0.25, 0.3) is 0 Å². The molecule has 4 heteroatoms. The molecule has 0 aliphatic rings. The highest BCUT2D eigenvalue weighted by atomic mass is 19.1. The van der Waals surface area contributed by atoms with Gasteiger partial charge >= 0.3 is 0 Å². The van der Waals surface area contributed by atoms with E-state index >= 15 is 0 Å². The lowest BCUT2D eigenvalue weighted by Gasteiger charge is -2.19. The Hall–Kier alpha value is -1.94. The molecular formula is C16H18FNO2. The van der Waals surface area contributed by atoms with Crippen LogP contribution in [0.2, 0.25) is 0 Å². The fourth-order valence-electron chi connectivity index (χ4n) is 1.81. The summed E-state index contributed by atoms with van der Waals surface area (Å²) >= 11 is 0. The zero-order valence-corrected chi connectivity index (χ0v) is 11.9. The van der Waals surface area contributed by atoms with E-state index in [1.54, 1.807) is 6.07 Å². The summed E-state index contributed by atoms with van der Waals surface area (Å²) < 4.78 is 18.7. The third-order valence-corrected chi connectivity index (χ3v) is 2.98. The Morgan fingerprint density at radius 2 is 2.00 bits per heavy atom. The van der Waals surface area contributed by atoms with E-state index in [-0.39, 0.29) is 17.9 Å². The molecule has 0 unspecified atom stereocenters. The summed E-state index contributed by atoms with van der Waals surface area (Å²) in [5, 5.41) is 9.22. The molecule has 0 fully saturated rings. The van der Waals surface area contributed by atoms with Crippen LogP contribution in [-0.4, -0.2) is 10.1 Å². The van der Waals surface area contributed by atoms with Gasteiger partial charge in [0.05, 0.1) is 12.8 Å². The number of rotatable bonds is 3. The van der Waals surface area contributed by atoms with Crippen LogP contribution < -0.4 is 4.74 Å². The first kappa shape index (κ1) is 14.5. The zero-order valence-electron chi connectivity index (χ0n) is 11.9. The van der Waals surface area contributed by atoms with Crippen molar-refractivity contribution in [2.24, 2.45) is 0 Å². The quantitative estimate of drug-likeness (QED) is 0.926. The number of benzene rings is 1. The van der Waals surface area contributed by atoms with E-state index in [0.29, 0.717) is 11.3 Å². The van der Waals surface area contributed by atoms with E-state index in [4.69, 9.17) is 4.74 Å². The first-order chi connectivity index (χ1) is 9.40. The molecule has 0 saturated heterocycles. The van der Waals surface area contributed by atoms with Gasteiger partial charge in [-0.15, -0.1) is 0 Å². The van der Waals surface area contributed by atoms with Crippen molar-refractivity contribution in [3.05, 3.63) is 53.5 Å². The van der Waals surface area contributed by atoms with Crippen LogP contribution in [0, 0.1) is 5.82 Å². The molecule has 2 aromatic rings. The van der Waals surface area contributed by atoms with E-state index in [1.165, 1.54) is 6.07 Å². The Bertz CT molecular complexity index is 606. The number of nitrogens with zero attached hydrogens (tertiary/aromatic N) is 1. The number of aliphatic hydroxyl groups is 1. The maximum absolute atomic E-state index is 13.1. The Morgan fingerprint density at radius 3 is 2.65 bits per heavy atom. The van der Waals surface area contributed by atoms with Gasteiger partial charge in [0.15, 0.2) is 0 Å². The van der Waals surface area contributed by atoms with Gasteiger partial charge in [-0.05, 0) is 29.2 Å². The van der Waals surface area contributed by atoms with Crippen LogP contribution in [0.15, 0.2) is 36.5 Å². The minimum atomic E-state index is -0.496. The lowest BCUT2D eigenvalue weighted by Crippen LogP contribution is -2.10. The third kappa shape index (κ3) is 3.33. The van der Waals surface area contributed by atoms with Crippen molar-refractivity contribution in [2.45, 2.75) is 32.8 Å². The monoisotopic (exact) mass is 275 g/mol. The molecule has 0 bridgehead atoms. The molecule has 0 radical (unpaired) electrons. The van der Waals surface area contributed by atoms with Gasteiger partial charge in [0.1, 0.15) is 11.6 Å². The molecule has 1 aromatic heterocycles. The van der Waals surface area contributed by atoms with E-state index in [2.05, 4.69) is 25.8 Å². The molecule has 0 aliphatic carbocycles. The van der Waals surface area contributed by atoms with E-state index < -0.39 is 5.82 Å². The van der Waals surface area contributed by atoms with Crippen LogP contribution in [0.4, 0.5) is 4.39 Å². The molecule has 0 aliphatic heterocycles. The molecule has 1 N–H and O–H groups in total. The average Bonchev–Trinajstić information content (AvgIpc) is 2.40. The standard InChI is InChI=1S/C16H18FNO2/c1-16(2,3)12-5-4-6-14(8-12)20-15-11(10-19)7-13(17)9-18-15/h4-9,19H,10H2,1-3H3. The second-order valence-corrected chi connectivity index (χ2v) is 5.66. The molecule has 0 atom stereocenters. The van der Waals surface area contributed by atoms with Gasteiger partial charge in [0, 0.05) is 5.56 Å². The molecule has 20 heavy (non-hydrogen) atoms. The van der Waals surface area contributed by atoms with Crippen LogP contribution in [0.3, 0.4) is 0 Å². The van der Waals surface area contributed by atoms with Crippen molar-refractivity contribution >= 4 is 0 Å². The number of pyridine rings is 1. The molecule has 0 amide bonds. The Morgan fingerprint density at radius 1 is 1.25 bits per heavy atom. The number of aromatic nitrogens is 1. The Kier molecular flexibility index (Phi) is 4.04. The molecule has 1 heterocycles. The van der Waals surface area contributed by atoms with E-state index in [1.807, 2.05) is 18.2 Å². The highest BCUT2D eigenvalue weighted by Crippen LogP contribution is 2.29. The van der Waals surface area contributed by atoms with Crippen molar-refractivity contribution in [3.63, 3.8) is 0 Å². The second kappa shape index (κ2) is 5.59. The topological polar surface area (TPSA) is 42.4 Å². The minimum Gasteiger partial charge on any atom is -0.439 e. The zero-order chi connectivity index (χ0) is 14.8. The highest BCUT2D eigenvalue weighted by Gasteiger charge is 2.15. The second-order valence-electron chi connectivity index (χ2n) is 5.66. The Balaban J connectivity index is 2.31. The van der Waals surface area contributed by atoms with E-state index in [9.17, 15) is 9.50 Å². The summed E-state index contributed by atoms with van der Waals surface area (Å²) in [6.45, 7) is 6.02. The number of ether oxygens (including phenoxy) is 1. The fraction of sp³-hybridized carbons (Fsp3) is 0.312. The maximum atomic E-state index is 13.1. The average molecular weight is 275 g/mol. The normalized spacial score (nSPS) is 11.4. The molecule has 3 nitrogen and oxygen atoms in total. The van der Waals surface area contributed by atoms with Gasteiger partial charge in [-0.25, -0.2) is 9.37 Å². The smallest absolute Gasteiger partial charge is 0.224 e. The van der Waals surface area contributed by atoms with Gasteiger partial charge in [-0.1, -0.05) is 32.9 Å². The molecule has 1 aromatic carbocycles. The SMILES string of the molecule is CC(C)(C)c1cccc(Oc2ncc(F)cc2CO)c1. The van der Waals surface area contributed by atoms with Crippen molar-refractivity contribution in [2.75, 3.05) is 0 Å². The molecule has 106 valence electrons. The fourth-order valence-corrected chi connectivity index (χ4v) is 1.81. The van der Waals surface area contributed by atoms with Crippen LogP contribution >= 0.6 is 0 Å². The van der Waals surface area contributed by atoms with Crippen LogP contribution in [-0.2, 0) is 12.0 Å². The summed E-state index contributed by atoms with van der Waals surface area (Å²) in [6.07, 6.45) is 1.07. The largest absolute Gasteiger partial charge is 0.439 e. The highest BCUT2D eigenvalue weighted by molar-refractivity contribution is 5.36. The van der Waals surface area contributed by atoms with Gasteiger partial charge in [-0.2, -0.15) is 0 Å². The van der Waals surface area contributed by atoms with Crippen LogP contribution in [0.1, 0.15) is 31.9 Å². The van der Waals surface area contributed by atoms with Crippen molar-refractivity contribution in [1.82, 2.24) is 4.98 Å². The van der Waals surface area contributed by atoms with Crippen molar-refractivity contribution in [1.29, 1.82) is 0 Å². The van der Waals surface area contributed by atoms with Gasteiger partial charge in [-0.3, -0.25) is 0 Å². The van der Waals surface area contributed by atoms with Gasteiger partial charge < -0.3 is 9.84 Å². The van der Waals surface area contributed by atoms with Gasteiger partial charge in [0.2, 0.25) is 5.88 Å². The lowest BCUT2D eigenvalue weighted by atomic mass is 9.87. The van der Waals surface area contributed by atoms with Crippen LogP contribution in [0.5, 0.6) is 11.6 Å². The molecule has 2 rings (SSSR count). The summed E-state index contributed by atoms with van der Waals surface area (Å²) in [6, 6.07) is 8.87. The number of hydrogen-bond acceptors (Lipinski definition) is 3. The summed E-state index contributed by atoms with van der Waals surface area (Å²) in [5.74, 6) is 0.344. The third-order valence-electron chi connectivity index (χ3n) is 2.98. The molecule has 0 saturated carbocycles. The first-order valence-corrected chi connectivity index (χ1v) is 6.44. The number of aliphatic hydroxyl groups excluding tert-OH is 1. The summed E-state index contributed by atoms with van der Waals surface area (Å²) in [7, 11) is 0.